The quantitative estimate of drug-likeness (QED) is 0.844. The first-order valence-corrected chi connectivity index (χ1v) is 7.04. The van der Waals surface area contributed by atoms with Crippen LogP contribution in [0.15, 0.2) is 0 Å². The van der Waals surface area contributed by atoms with Gasteiger partial charge in [-0.25, -0.2) is 4.98 Å². The van der Waals surface area contributed by atoms with Crippen LogP contribution in [0.3, 0.4) is 0 Å². The molecule has 4 nitrogen and oxygen atoms in total. The molecule has 2 N–H and O–H groups in total. The molecular weight excluding hydrogens is 212 g/mol. The maximum atomic E-state index is 4.61. The summed E-state index contributed by atoms with van der Waals surface area (Å²) in [4.78, 5) is 4.61. The summed E-state index contributed by atoms with van der Waals surface area (Å²) in [5.74, 6) is 2.89. The van der Waals surface area contributed by atoms with Crippen molar-refractivity contribution in [3.05, 3.63) is 11.6 Å². The number of aromatic nitrogens is 3. The van der Waals surface area contributed by atoms with Gasteiger partial charge in [-0.3, -0.25) is 5.10 Å². The van der Waals surface area contributed by atoms with E-state index in [9.17, 15) is 0 Å². The van der Waals surface area contributed by atoms with E-state index in [0.717, 1.165) is 36.5 Å². The summed E-state index contributed by atoms with van der Waals surface area (Å²) in [5, 5.41) is 11.2. The van der Waals surface area contributed by atoms with Gasteiger partial charge in [0.05, 0.1) is 6.04 Å². The number of H-pyrrole nitrogens is 1. The summed E-state index contributed by atoms with van der Waals surface area (Å²) in [7, 11) is 0. The topological polar surface area (TPSA) is 53.6 Å². The van der Waals surface area contributed by atoms with Gasteiger partial charge in [0.1, 0.15) is 5.82 Å². The van der Waals surface area contributed by atoms with Crippen LogP contribution < -0.4 is 5.32 Å². The van der Waals surface area contributed by atoms with Crippen molar-refractivity contribution in [1.82, 2.24) is 20.5 Å². The minimum Gasteiger partial charge on any atom is -0.304 e. The van der Waals surface area contributed by atoms with E-state index in [1.807, 2.05) is 0 Å². The number of hydrogen-bond donors (Lipinski definition) is 2. The Morgan fingerprint density at radius 3 is 3.00 bits per heavy atom. The van der Waals surface area contributed by atoms with E-state index >= 15 is 0 Å². The standard InChI is InChI=1S/C13H22N4/c1-2-5-12-15-13(17-16-12)11-8-9-6-3-4-7-10(9)14-11/h9-11,14H,2-8H2,1H3,(H,15,16,17). The average Bonchev–Trinajstić information content (AvgIpc) is 2.94. The van der Waals surface area contributed by atoms with Gasteiger partial charge in [0.2, 0.25) is 0 Å². The number of rotatable bonds is 3. The molecule has 1 aromatic rings. The van der Waals surface area contributed by atoms with Crippen LogP contribution in [0.5, 0.6) is 0 Å². The molecule has 2 aliphatic rings. The van der Waals surface area contributed by atoms with Gasteiger partial charge in [0.15, 0.2) is 5.82 Å². The number of nitrogens with zero attached hydrogens (tertiary/aromatic N) is 2. The molecule has 0 bridgehead atoms. The van der Waals surface area contributed by atoms with E-state index in [-0.39, 0.29) is 0 Å². The van der Waals surface area contributed by atoms with Crippen LogP contribution in [0, 0.1) is 5.92 Å². The molecule has 2 heterocycles. The molecule has 0 aromatic carbocycles. The van der Waals surface area contributed by atoms with Gasteiger partial charge in [-0.05, 0) is 31.6 Å². The fourth-order valence-electron chi connectivity index (χ4n) is 3.33. The predicted octanol–water partition coefficient (Wildman–Crippen LogP) is 2.35. The summed E-state index contributed by atoms with van der Waals surface area (Å²) in [6.07, 6.45) is 8.88. The molecule has 1 saturated carbocycles. The van der Waals surface area contributed by atoms with Gasteiger partial charge in [0.25, 0.3) is 0 Å². The fourth-order valence-corrected chi connectivity index (χ4v) is 3.33. The van der Waals surface area contributed by atoms with Crippen molar-refractivity contribution in [2.24, 2.45) is 5.92 Å². The molecule has 3 unspecified atom stereocenters. The van der Waals surface area contributed by atoms with Gasteiger partial charge in [0, 0.05) is 12.5 Å². The van der Waals surface area contributed by atoms with Crippen LogP contribution in [0.25, 0.3) is 0 Å². The summed E-state index contributed by atoms with van der Waals surface area (Å²) < 4.78 is 0. The zero-order valence-corrected chi connectivity index (χ0v) is 10.6. The summed E-state index contributed by atoms with van der Waals surface area (Å²) in [5.41, 5.74) is 0. The highest BCUT2D eigenvalue weighted by Crippen LogP contribution is 2.38. The van der Waals surface area contributed by atoms with Gasteiger partial charge in [-0.15, -0.1) is 0 Å². The minimum absolute atomic E-state index is 0.393. The highest BCUT2D eigenvalue weighted by Gasteiger charge is 2.37. The highest BCUT2D eigenvalue weighted by molar-refractivity contribution is 5.04. The zero-order chi connectivity index (χ0) is 11.7. The van der Waals surface area contributed by atoms with Crippen LogP contribution in [0.1, 0.15) is 63.1 Å². The first kappa shape index (κ1) is 11.2. The van der Waals surface area contributed by atoms with E-state index < -0.39 is 0 Å². The summed E-state index contributed by atoms with van der Waals surface area (Å²) in [6.45, 7) is 2.17. The van der Waals surface area contributed by atoms with E-state index in [1.165, 1.54) is 32.1 Å². The SMILES string of the molecule is CCCc1nc(C2CC3CCCCC3N2)n[nH]1. The Morgan fingerprint density at radius 1 is 1.29 bits per heavy atom. The van der Waals surface area contributed by atoms with Gasteiger partial charge in [-0.2, -0.15) is 5.10 Å². The Kier molecular flexibility index (Phi) is 3.14. The Morgan fingerprint density at radius 2 is 2.18 bits per heavy atom. The molecule has 3 atom stereocenters. The second kappa shape index (κ2) is 4.77. The predicted molar refractivity (Wildman–Crippen MR) is 66.6 cm³/mol. The molecule has 0 radical (unpaired) electrons. The van der Waals surface area contributed by atoms with Crippen LogP contribution in [-0.2, 0) is 6.42 Å². The van der Waals surface area contributed by atoms with Crippen molar-refractivity contribution in [1.29, 1.82) is 0 Å². The molecule has 1 saturated heterocycles. The number of nitrogens with one attached hydrogen (secondary N) is 2. The third-order valence-corrected chi connectivity index (χ3v) is 4.21. The van der Waals surface area contributed by atoms with Gasteiger partial charge < -0.3 is 5.32 Å². The van der Waals surface area contributed by atoms with Crippen molar-refractivity contribution in [3.8, 4) is 0 Å². The first-order valence-electron chi connectivity index (χ1n) is 7.04. The Balaban J connectivity index is 1.68. The molecule has 0 spiro atoms. The third kappa shape index (κ3) is 2.23. The molecule has 0 amide bonds. The Hall–Kier alpha value is -0.900. The van der Waals surface area contributed by atoms with Crippen molar-refractivity contribution in [2.45, 2.75) is 64.0 Å². The monoisotopic (exact) mass is 234 g/mol. The van der Waals surface area contributed by atoms with Crippen molar-refractivity contribution < 1.29 is 0 Å². The lowest BCUT2D eigenvalue weighted by Crippen LogP contribution is -2.30. The van der Waals surface area contributed by atoms with Crippen LogP contribution in [0.2, 0.25) is 0 Å². The normalized spacial score (nSPS) is 32.6. The molecule has 17 heavy (non-hydrogen) atoms. The Bertz CT molecular complexity index is 359. The van der Waals surface area contributed by atoms with E-state index in [1.54, 1.807) is 0 Å². The van der Waals surface area contributed by atoms with E-state index in [2.05, 4.69) is 27.4 Å². The first-order chi connectivity index (χ1) is 8.36. The van der Waals surface area contributed by atoms with Crippen LogP contribution in [-0.4, -0.2) is 21.2 Å². The lowest BCUT2D eigenvalue weighted by Gasteiger charge is -2.24. The lowest BCUT2D eigenvalue weighted by atomic mass is 9.85. The Labute approximate surface area is 103 Å². The second-order valence-electron chi connectivity index (χ2n) is 5.50. The number of aryl methyl sites for hydroxylation is 1. The summed E-state index contributed by atoms with van der Waals surface area (Å²) in [6, 6.07) is 1.12. The molecule has 1 aliphatic heterocycles. The van der Waals surface area contributed by atoms with E-state index in [4.69, 9.17) is 0 Å². The highest BCUT2D eigenvalue weighted by atomic mass is 15.2. The van der Waals surface area contributed by atoms with Crippen LogP contribution >= 0.6 is 0 Å². The molecule has 94 valence electrons. The van der Waals surface area contributed by atoms with E-state index in [0.29, 0.717) is 6.04 Å². The minimum atomic E-state index is 0.393. The smallest absolute Gasteiger partial charge is 0.167 e. The second-order valence-corrected chi connectivity index (χ2v) is 5.50. The lowest BCUT2D eigenvalue weighted by molar-refractivity contribution is 0.325. The number of aromatic amines is 1. The molecule has 3 rings (SSSR count). The largest absolute Gasteiger partial charge is 0.304 e. The van der Waals surface area contributed by atoms with Crippen molar-refractivity contribution in [2.75, 3.05) is 0 Å². The maximum absolute atomic E-state index is 4.61. The third-order valence-electron chi connectivity index (χ3n) is 4.21. The molecule has 4 heteroatoms. The number of fused-ring (bicyclic) bond motifs is 1. The fraction of sp³-hybridized carbons (Fsp3) is 0.846. The average molecular weight is 234 g/mol. The van der Waals surface area contributed by atoms with Crippen molar-refractivity contribution in [3.63, 3.8) is 0 Å². The van der Waals surface area contributed by atoms with Crippen LogP contribution in [0.4, 0.5) is 0 Å². The summed E-state index contributed by atoms with van der Waals surface area (Å²) >= 11 is 0. The molecule has 1 aromatic heterocycles. The molecule has 2 fully saturated rings. The number of hydrogen-bond acceptors (Lipinski definition) is 3. The molecular formula is C13H22N4. The van der Waals surface area contributed by atoms with Crippen molar-refractivity contribution >= 4 is 0 Å². The molecule has 1 aliphatic carbocycles. The van der Waals surface area contributed by atoms with Gasteiger partial charge >= 0.3 is 0 Å². The maximum Gasteiger partial charge on any atom is 0.167 e. The van der Waals surface area contributed by atoms with Gasteiger partial charge in [-0.1, -0.05) is 19.8 Å². The zero-order valence-electron chi connectivity index (χ0n) is 10.6.